The Balaban J connectivity index is 2.69. The summed E-state index contributed by atoms with van der Waals surface area (Å²) in [4.78, 5) is 23.6. The molecule has 0 aliphatic carbocycles. The number of benzene rings is 1. The molecule has 0 aromatic heterocycles. The Morgan fingerprint density at radius 2 is 1.37 bits per heavy atom. The van der Waals surface area contributed by atoms with Crippen molar-refractivity contribution in [1.29, 1.82) is 0 Å². The van der Waals surface area contributed by atoms with Crippen LogP contribution in [0, 0.1) is 29.6 Å². The molecular formula is C24H32N2O4. The van der Waals surface area contributed by atoms with E-state index in [4.69, 9.17) is 9.47 Å². The lowest BCUT2D eigenvalue weighted by Crippen LogP contribution is -2.42. The van der Waals surface area contributed by atoms with Gasteiger partial charge in [-0.15, -0.1) is 0 Å². The van der Waals surface area contributed by atoms with Crippen LogP contribution in [0.15, 0.2) is 24.3 Å². The number of hydrogen-bond acceptors (Lipinski definition) is 6. The SMILES string of the molecule is CCOC(=O)[C@H](C)NCC#Cc1ccccc1C#CCN[C@H](C(=O)OCC)C(C)C. The van der Waals surface area contributed by atoms with E-state index in [0.717, 1.165) is 11.1 Å². The highest BCUT2D eigenvalue weighted by Gasteiger charge is 2.22. The highest BCUT2D eigenvalue weighted by atomic mass is 16.5. The van der Waals surface area contributed by atoms with Crippen LogP contribution in [-0.2, 0) is 19.1 Å². The highest BCUT2D eigenvalue weighted by Crippen LogP contribution is 2.06. The van der Waals surface area contributed by atoms with Gasteiger partial charge in [-0.1, -0.05) is 49.7 Å². The van der Waals surface area contributed by atoms with Crippen molar-refractivity contribution in [2.24, 2.45) is 5.92 Å². The van der Waals surface area contributed by atoms with Crippen LogP contribution in [0.1, 0.15) is 45.7 Å². The van der Waals surface area contributed by atoms with Gasteiger partial charge >= 0.3 is 11.9 Å². The van der Waals surface area contributed by atoms with E-state index in [1.165, 1.54) is 0 Å². The molecule has 1 aromatic rings. The van der Waals surface area contributed by atoms with Crippen LogP contribution in [0.25, 0.3) is 0 Å². The zero-order valence-electron chi connectivity index (χ0n) is 18.5. The monoisotopic (exact) mass is 412 g/mol. The Morgan fingerprint density at radius 1 is 0.867 bits per heavy atom. The molecule has 0 spiro atoms. The fraction of sp³-hybridized carbons (Fsp3) is 0.500. The number of carbonyl (C=O) groups excluding carboxylic acids is 2. The van der Waals surface area contributed by atoms with Crippen molar-refractivity contribution in [2.75, 3.05) is 26.3 Å². The van der Waals surface area contributed by atoms with E-state index in [1.54, 1.807) is 20.8 Å². The Labute approximate surface area is 180 Å². The Hall–Kier alpha value is -2.80. The zero-order chi connectivity index (χ0) is 22.4. The van der Waals surface area contributed by atoms with Crippen LogP contribution in [0.2, 0.25) is 0 Å². The molecule has 2 N–H and O–H groups in total. The van der Waals surface area contributed by atoms with Crippen molar-refractivity contribution in [2.45, 2.75) is 46.7 Å². The number of nitrogens with one attached hydrogen (secondary N) is 2. The molecule has 2 atom stereocenters. The molecule has 0 bridgehead atoms. The summed E-state index contributed by atoms with van der Waals surface area (Å²) in [5.74, 6) is 11.8. The smallest absolute Gasteiger partial charge is 0.323 e. The molecular weight excluding hydrogens is 380 g/mol. The summed E-state index contributed by atoms with van der Waals surface area (Å²) < 4.78 is 10.0. The molecule has 0 heterocycles. The van der Waals surface area contributed by atoms with Gasteiger partial charge in [0.2, 0.25) is 0 Å². The lowest BCUT2D eigenvalue weighted by atomic mass is 10.0. The minimum absolute atomic E-state index is 0.105. The summed E-state index contributed by atoms with van der Waals surface area (Å²) >= 11 is 0. The number of ether oxygens (including phenoxy) is 2. The second-order valence-corrected chi connectivity index (χ2v) is 6.86. The predicted molar refractivity (Wildman–Crippen MR) is 118 cm³/mol. The molecule has 1 rings (SSSR count). The van der Waals surface area contributed by atoms with Gasteiger partial charge in [0.05, 0.1) is 26.3 Å². The van der Waals surface area contributed by atoms with Gasteiger partial charge in [0, 0.05) is 11.1 Å². The molecule has 0 unspecified atom stereocenters. The summed E-state index contributed by atoms with van der Waals surface area (Å²) in [6.07, 6.45) is 0. The maximum absolute atomic E-state index is 12.0. The second kappa shape index (κ2) is 14.2. The zero-order valence-corrected chi connectivity index (χ0v) is 18.5. The predicted octanol–water partition coefficient (Wildman–Crippen LogP) is 2.11. The first-order chi connectivity index (χ1) is 14.4. The van der Waals surface area contributed by atoms with Gasteiger partial charge in [-0.25, -0.2) is 0 Å². The third-order valence-electron chi connectivity index (χ3n) is 4.13. The van der Waals surface area contributed by atoms with Crippen molar-refractivity contribution < 1.29 is 19.1 Å². The summed E-state index contributed by atoms with van der Waals surface area (Å²) in [6.45, 7) is 10.7. The lowest BCUT2D eigenvalue weighted by Gasteiger charge is -2.19. The summed E-state index contributed by atoms with van der Waals surface area (Å²) in [7, 11) is 0. The van der Waals surface area contributed by atoms with E-state index in [1.807, 2.05) is 38.1 Å². The minimum Gasteiger partial charge on any atom is -0.465 e. The molecule has 30 heavy (non-hydrogen) atoms. The van der Waals surface area contributed by atoms with E-state index in [0.29, 0.717) is 26.3 Å². The molecule has 0 amide bonds. The Kier molecular flexibility index (Phi) is 12.0. The summed E-state index contributed by atoms with van der Waals surface area (Å²) in [6, 6.07) is 6.80. The van der Waals surface area contributed by atoms with Gasteiger partial charge in [0.15, 0.2) is 0 Å². The van der Waals surface area contributed by atoms with Crippen LogP contribution < -0.4 is 10.6 Å². The van der Waals surface area contributed by atoms with Crippen LogP contribution in [0.3, 0.4) is 0 Å². The molecule has 1 aromatic carbocycles. The Bertz CT molecular complexity index is 812. The van der Waals surface area contributed by atoms with E-state index >= 15 is 0 Å². The first kappa shape index (κ1) is 25.2. The quantitative estimate of drug-likeness (QED) is 0.478. The van der Waals surface area contributed by atoms with Crippen molar-refractivity contribution in [1.82, 2.24) is 10.6 Å². The summed E-state index contributed by atoms with van der Waals surface area (Å²) in [5.41, 5.74) is 1.61. The molecule has 6 heteroatoms. The van der Waals surface area contributed by atoms with Crippen LogP contribution in [0.5, 0.6) is 0 Å². The normalized spacial score (nSPS) is 12.1. The molecule has 162 valence electrons. The molecule has 0 radical (unpaired) electrons. The maximum atomic E-state index is 12.0. The fourth-order valence-corrected chi connectivity index (χ4v) is 2.52. The molecule has 0 fully saturated rings. The first-order valence-electron chi connectivity index (χ1n) is 10.3. The molecule has 0 saturated carbocycles. The van der Waals surface area contributed by atoms with E-state index in [9.17, 15) is 9.59 Å². The van der Waals surface area contributed by atoms with E-state index in [2.05, 4.69) is 34.3 Å². The van der Waals surface area contributed by atoms with Gasteiger partial charge in [-0.3, -0.25) is 20.2 Å². The average molecular weight is 413 g/mol. The second-order valence-electron chi connectivity index (χ2n) is 6.86. The maximum Gasteiger partial charge on any atom is 0.323 e. The van der Waals surface area contributed by atoms with Crippen molar-refractivity contribution >= 4 is 11.9 Å². The highest BCUT2D eigenvalue weighted by molar-refractivity contribution is 5.76. The topological polar surface area (TPSA) is 76.7 Å². The molecule has 0 aliphatic rings. The minimum atomic E-state index is -0.409. The molecule has 0 aliphatic heterocycles. The lowest BCUT2D eigenvalue weighted by molar-refractivity contribution is -0.147. The average Bonchev–Trinajstić information content (AvgIpc) is 2.71. The first-order valence-corrected chi connectivity index (χ1v) is 10.3. The van der Waals surface area contributed by atoms with Crippen molar-refractivity contribution in [3.63, 3.8) is 0 Å². The number of rotatable bonds is 9. The third-order valence-corrected chi connectivity index (χ3v) is 4.13. The van der Waals surface area contributed by atoms with Crippen LogP contribution >= 0.6 is 0 Å². The van der Waals surface area contributed by atoms with Gasteiger partial charge in [0.1, 0.15) is 12.1 Å². The van der Waals surface area contributed by atoms with E-state index in [-0.39, 0.29) is 23.9 Å². The number of esters is 2. The van der Waals surface area contributed by atoms with Crippen LogP contribution in [-0.4, -0.2) is 50.3 Å². The Morgan fingerprint density at radius 3 is 1.87 bits per heavy atom. The number of carbonyl (C=O) groups is 2. The van der Waals surface area contributed by atoms with E-state index < -0.39 is 6.04 Å². The standard InChI is InChI=1S/C24H32N2O4/c1-6-29-23(27)19(5)25-16-10-14-20-12-8-9-13-21(20)15-11-17-26-22(18(3)4)24(28)30-7-2/h8-9,12-13,18-19,22,25-26H,6-7,16-17H2,1-5H3/t19-,22-/m0/s1. The van der Waals surface area contributed by atoms with Gasteiger partial charge in [-0.2, -0.15) is 0 Å². The fourth-order valence-electron chi connectivity index (χ4n) is 2.52. The largest absolute Gasteiger partial charge is 0.465 e. The van der Waals surface area contributed by atoms with Crippen molar-refractivity contribution in [3.05, 3.63) is 35.4 Å². The number of hydrogen-bond donors (Lipinski definition) is 2. The molecule has 0 saturated heterocycles. The third kappa shape index (κ3) is 9.13. The van der Waals surface area contributed by atoms with Gasteiger partial charge < -0.3 is 9.47 Å². The van der Waals surface area contributed by atoms with Crippen LogP contribution in [0.4, 0.5) is 0 Å². The van der Waals surface area contributed by atoms with Gasteiger partial charge in [0.25, 0.3) is 0 Å². The van der Waals surface area contributed by atoms with Gasteiger partial charge in [-0.05, 0) is 38.8 Å². The molecule has 6 nitrogen and oxygen atoms in total. The summed E-state index contributed by atoms with van der Waals surface area (Å²) in [5, 5.41) is 6.16. The van der Waals surface area contributed by atoms with Crippen molar-refractivity contribution in [3.8, 4) is 23.7 Å².